The molecular formula is C31H32ClNO5. The first kappa shape index (κ1) is 26.2. The van der Waals surface area contributed by atoms with E-state index in [4.69, 9.17) is 16.3 Å². The van der Waals surface area contributed by atoms with Crippen molar-refractivity contribution in [1.29, 1.82) is 0 Å². The lowest BCUT2D eigenvalue weighted by Gasteiger charge is -2.44. The largest absolute Gasteiger partial charge is 0.489 e. The molecule has 7 heteroatoms. The lowest BCUT2D eigenvalue weighted by Crippen LogP contribution is -2.42. The third-order valence-electron chi connectivity index (χ3n) is 7.60. The van der Waals surface area contributed by atoms with Gasteiger partial charge in [-0.3, -0.25) is 9.59 Å². The monoisotopic (exact) mass is 533 g/mol. The fourth-order valence-corrected chi connectivity index (χ4v) is 6.16. The minimum absolute atomic E-state index is 0.0353. The Bertz CT molecular complexity index is 1360. The molecular weight excluding hydrogens is 502 g/mol. The number of nitrogens with one attached hydrogen (secondary N) is 1. The van der Waals surface area contributed by atoms with Crippen molar-refractivity contribution in [3.05, 3.63) is 86.7 Å². The van der Waals surface area contributed by atoms with Crippen LogP contribution in [0.3, 0.4) is 0 Å². The van der Waals surface area contributed by atoms with Crippen LogP contribution in [0.15, 0.2) is 65.0 Å². The van der Waals surface area contributed by atoms with Crippen LogP contribution in [-0.2, 0) is 16.2 Å². The van der Waals surface area contributed by atoms with Gasteiger partial charge >= 0.3 is 5.97 Å². The van der Waals surface area contributed by atoms with E-state index in [-0.39, 0.29) is 34.6 Å². The molecule has 6 nitrogen and oxygen atoms in total. The second-order valence-corrected chi connectivity index (χ2v) is 12.6. The van der Waals surface area contributed by atoms with Crippen LogP contribution in [0.5, 0.6) is 5.75 Å². The van der Waals surface area contributed by atoms with Crippen molar-refractivity contribution in [2.75, 3.05) is 0 Å². The topological polar surface area (TPSA) is 92.7 Å². The van der Waals surface area contributed by atoms with Gasteiger partial charge in [-0.05, 0) is 59.6 Å². The first-order valence-electron chi connectivity index (χ1n) is 12.9. The van der Waals surface area contributed by atoms with Crippen LogP contribution in [0.4, 0.5) is 0 Å². The zero-order chi connectivity index (χ0) is 27.4. The molecule has 1 heterocycles. The normalized spacial score (nSPS) is 20.6. The summed E-state index contributed by atoms with van der Waals surface area (Å²) >= 11 is 6.49. The van der Waals surface area contributed by atoms with E-state index < -0.39 is 11.9 Å². The Morgan fingerprint density at radius 3 is 2.00 bits per heavy atom. The van der Waals surface area contributed by atoms with Gasteiger partial charge in [0.25, 0.3) is 0 Å². The van der Waals surface area contributed by atoms with Crippen molar-refractivity contribution >= 4 is 29.1 Å². The van der Waals surface area contributed by atoms with Crippen LogP contribution in [0.1, 0.15) is 80.8 Å². The Hall–Kier alpha value is -3.38. The molecule has 2 aromatic rings. The number of hydrogen-bond acceptors (Lipinski definition) is 5. The molecule has 0 bridgehead atoms. The van der Waals surface area contributed by atoms with Gasteiger partial charge in [-0.25, -0.2) is 4.79 Å². The number of carboxylic acid groups (broad SMARTS) is 1. The van der Waals surface area contributed by atoms with E-state index in [1.165, 1.54) is 12.1 Å². The SMILES string of the molecule is CC1(C)CC(=O)C2=C(C1)NC1=C(C(=O)CC(C)(C)C1)C2c1cc(Cl)ccc1OCc1ccc(C(=O)O)cc1. The Kier molecular flexibility index (Phi) is 6.50. The van der Waals surface area contributed by atoms with Crippen LogP contribution < -0.4 is 10.1 Å². The molecule has 0 aromatic heterocycles. The number of carbonyl (C=O) groups is 3. The second-order valence-electron chi connectivity index (χ2n) is 12.2. The molecule has 0 unspecified atom stereocenters. The number of aromatic carboxylic acids is 1. The maximum atomic E-state index is 13.6. The third-order valence-corrected chi connectivity index (χ3v) is 7.83. The van der Waals surface area contributed by atoms with E-state index in [0.717, 1.165) is 17.0 Å². The van der Waals surface area contributed by atoms with E-state index in [9.17, 15) is 19.5 Å². The van der Waals surface area contributed by atoms with Gasteiger partial charge in [0, 0.05) is 51.9 Å². The summed E-state index contributed by atoms with van der Waals surface area (Å²) in [6.07, 6.45) is 2.23. The number of halogens is 1. The fourth-order valence-electron chi connectivity index (χ4n) is 5.98. The fraction of sp³-hybridized carbons (Fsp3) is 0.387. The molecule has 2 aromatic carbocycles. The second kappa shape index (κ2) is 9.42. The molecule has 0 saturated carbocycles. The lowest BCUT2D eigenvalue weighted by molar-refractivity contribution is -0.119. The number of Topliss-reactive ketones (excluding diaryl/α,β-unsaturated/α-hetero) is 2. The van der Waals surface area contributed by atoms with Gasteiger partial charge in [0.05, 0.1) is 5.56 Å². The van der Waals surface area contributed by atoms with E-state index in [1.807, 2.05) is 0 Å². The lowest BCUT2D eigenvalue weighted by atomic mass is 9.64. The summed E-state index contributed by atoms with van der Waals surface area (Å²) in [5.74, 6) is -0.937. The summed E-state index contributed by atoms with van der Waals surface area (Å²) in [6, 6.07) is 11.8. The smallest absolute Gasteiger partial charge is 0.335 e. The molecule has 0 spiro atoms. The third kappa shape index (κ3) is 5.02. The summed E-state index contributed by atoms with van der Waals surface area (Å²) in [4.78, 5) is 38.5. The number of carboxylic acids is 1. The molecule has 0 saturated heterocycles. The maximum absolute atomic E-state index is 13.6. The number of rotatable bonds is 5. The number of hydrogen-bond donors (Lipinski definition) is 2. The Labute approximate surface area is 227 Å². The first-order valence-corrected chi connectivity index (χ1v) is 13.3. The Balaban J connectivity index is 1.59. The van der Waals surface area contributed by atoms with Gasteiger partial charge in [0.15, 0.2) is 11.6 Å². The van der Waals surface area contributed by atoms with Crippen molar-refractivity contribution < 1.29 is 24.2 Å². The number of dihydropyridines is 1. The quantitative estimate of drug-likeness (QED) is 0.450. The van der Waals surface area contributed by atoms with Gasteiger partial charge in [0.1, 0.15) is 12.4 Å². The predicted molar refractivity (Wildman–Crippen MR) is 145 cm³/mol. The van der Waals surface area contributed by atoms with E-state index in [2.05, 4.69) is 33.0 Å². The van der Waals surface area contributed by atoms with Gasteiger partial charge in [-0.2, -0.15) is 0 Å². The summed E-state index contributed by atoms with van der Waals surface area (Å²) in [6.45, 7) is 8.56. The van der Waals surface area contributed by atoms with Crippen molar-refractivity contribution in [3.63, 3.8) is 0 Å². The van der Waals surface area contributed by atoms with Crippen LogP contribution >= 0.6 is 11.6 Å². The molecule has 0 amide bonds. The highest BCUT2D eigenvalue weighted by atomic mass is 35.5. The molecule has 38 heavy (non-hydrogen) atoms. The molecule has 0 radical (unpaired) electrons. The molecule has 0 atom stereocenters. The zero-order valence-corrected chi connectivity index (χ0v) is 22.9. The van der Waals surface area contributed by atoms with Crippen molar-refractivity contribution in [2.45, 2.75) is 65.9 Å². The molecule has 5 rings (SSSR count). The first-order chi connectivity index (χ1) is 17.8. The van der Waals surface area contributed by atoms with Crippen LogP contribution in [0.25, 0.3) is 0 Å². The predicted octanol–water partition coefficient (Wildman–Crippen LogP) is 6.59. The highest BCUT2D eigenvalue weighted by molar-refractivity contribution is 6.30. The van der Waals surface area contributed by atoms with E-state index in [1.54, 1.807) is 30.3 Å². The van der Waals surface area contributed by atoms with Gasteiger partial charge < -0.3 is 15.2 Å². The summed E-state index contributed by atoms with van der Waals surface area (Å²) in [5, 5.41) is 13.2. The minimum atomic E-state index is -0.989. The molecule has 2 aliphatic carbocycles. The van der Waals surface area contributed by atoms with Crippen molar-refractivity contribution in [2.24, 2.45) is 10.8 Å². The number of ether oxygens (including phenoxy) is 1. The number of benzene rings is 2. The van der Waals surface area contributed by atoms with Crippen molar-refractivity contribution in [3.8, 4) is 5.75 Å². The zero-order valence-electron chi connectivity index (χ0n) is 22.1. The molecule has 2 N–H and O–H groups in total. The molecule has 3 aliphatic rings. The Morgan fingerprint density at radius 2 is 1.47 bits per heavy atom. The number of carbonyl (C=O) groups excluding carboxylic acids is 2. The van der Waals surface area contributed by atoms with Gasteiger partial charge in [-0.15, -0.1) is 0 Å². The van der Waals surface area contributed by atoms with Crippen LogP contribution in [0.2, 0.25) is 5.02 Å². The van der Waals surface area contributed by atoms with E-state index >= 15 is 0 Å². The minimum Gasteiger partial charge on any atom is -0.489 e. The van der Waals surface area contributed by atoms with Crippen molar-refractivity contribution in [1.82, 2.24) is 5.32 Å². The average molecular weight is 534 g/mol. The summed E-state index contributed by atoms with van der Waals surface area (Å²) in [5.41, 5.74) is 4.36. The molecule has 1 aliphatic heterocycles. The Morgan fingerprint density at radius 1 is 0.921 bits per heavy atom. The molecule has 0 fully saturated rings. The summed E-state index contributed by atoms with van der Waals surface area (Å²) < 4.78 is 6.25. The number of ketones is 2. The molecule has 198 valence electrons. The average Bonchev–Trinajstić information content (AvgIpc) is 2.80. The van der Waals surface area contributed by atoms with Gasteiger partial charge in [0.2, 0.25) is 0 Å². The standard InChI is InChI=1S/C31H32ClNO5/c1-30(2)12-21-27(23(34)14-30)26(28-22(33-21)13-31(3,4)15-24(28)35)20-11-19(32)9-10-25(20)38-16-17-5-7-18(8-6-17)29(36)37/h5-11,26,33H,12-16H2,1-4H3,(H,36,37). The van der Waals surface area contributed by atoms with Gasteiger partial charge in [-0.1, -0.05) is 51.4 Å². The van der Waals surface area contributed by atoms with E-state index in [0.29, 0.717) is 53.2 Å². The summed E-state index contributed by atoms with van der Waals surface area (Å²) in [7, 11) is 0. The maximum Gasteiger partial charge on any atom is 0.335 e. The highest BCUT2D eigenvalue weighted by Crippen LogP contribution is 2.52. The van der Waals surface area contributed by atoms with Crippen LogP contribution in [-0.4, -0.2) is 22.6 Å². The highest BCUT2D eigenvalue weighted by Gasteiger charge is 2.47. The van der Waals surface area contributed by atoms with Crippen LogP contribution in [0, 0.1) is 10.8 Å². The number of allylic oxidation sites excluding steroid dienone is 4.